The number of hydrogen-bond acceptors (Lipinski definition) is 2. The van der Waals surface area contributed by atoms with E-state index in [1.165, 1.54) is 0 Å². The van der Waals surface area contributed by atoms with Crippen LogP contribution in [0.2, 0.25) is 0 Å². The van der Waals surface area contributed by atoms with Crippen LogP contribution in [0.25, 0.3) is 0 Å². The molecule has 2 N–H and O–H groups in total. The molecule has 1 aromatic carbocycles. The van der Waals surface area contributed by atoms with Crippen LogP contribution in [0.1, 0.15) is 59.4 Å². The third-order valence-corrected chi connectivity index (χ3v) is 3.58. The monoisotopic (exact) mass is 222 g/mol. The molecule has 0 fully saturated rings. The second kappa shape index (κ2) is 4.56. The quantitative estimate of drug-likeness (QED) is 0.807. The van der Waals surface area contributed by atoms with Crippen molar-refractivity contribution in [3.05, 3.63) is 33.4 Å². The van der Waals surface area contributed by atoms with Crippen LogP contribution >= 0.6 is 0 Å². The lowest BCUT2D eigenvalue weighted by Gasteiger charge is -2.23. The Morgan fingerprint density at radius 3 is 0.938 bits per heavy atom. The van der Waals surface area contributed by atoms with Crippen LogP contribution in [-0.2, 0) is 0 Å². The molecular formula is C14H22O2. The molecule has 0 amide bonds. The van der Waals surface area contributed by atoms with Crippen LogP contribution in [0.5, 0.6) is 0 Å². The second-order valence-corrected chi connectivity index (χ2v) is 4.68. The van der Waals surface area contributed by atoms with Gasteiger partial charge in [0.15, 0.2) is 0 Å². The summed E-state index contributed by atoms with van der Waals surface area (Å²) in [4.78, 5) is 0. The van der Waals surface area contributed by atoms with Crippen LogP contribution in [0.15, 0.2) is 0 Å². The molecule has 0 heterocycles. The Bertz CT molecular complexity index is 336. The van der Waals surface area contributed by atoms with E-state index in [9.17, 15) is 10.2 Å². The van der Waals surface area contributed by atoms with Gasteiger partial charge in [-0.3, -0.25) is 0 Å². The SMILES string of the molecule is Cc1c(C)c([C@H](C)O)c(C)c(C)c1[C@H](C)O. The third kappa shape index (κ3) is 2.00. The van der Waals surface area contributed by atoms with Crippen molar-refractivity contribution in [3.8, 4) is 0 Å². The van der Waals surface area contributed by atoms with E-state index in [4.69, 9.17) is 0 Å². The van der Waals surface area contributed by atoms with E-state index in [1.54, 1.807) is 13.8 Å². The highest BCUT2D eigenvalue weighted by Gasteiger charge is 2.19. The first kappa shape index (κ1) is 13.2. The summed E-state index contributed by atoms with van der Waals surface area (Å²) in [5.41, 5.74) is 6.37. The van der Waals surface area contributed by atoms with Crippen LogP contribution in [0, 0.1) is 27.7 Å². The lowest BCUT2D eigenvalue weighted by Crippen LogP contribution is -2.09. The van der Waals surface area contributed by atoms with Crippen molar-refractivity contribution < 1.29 is 10.2 Å². The summed E-state index contributed by atoms with van der Waals surface area (Å²) in [6.07, 6.45) is -0.916. The van der Waals surface area contributed by atoms with Crippen molar-refractivity contribution in [2.45, 2.75) is 53.8 Å². The topological polar surface area (TPSA) is 40.5 Å². The van der Waals surface area contributed by atoms with E-state index in [0.717, 1.165) is 33.4 Å². The van der Waals surface area contributed by atoms with E-state index < -0.39 is 12.2 Å². The number of aliphatic hydroxyl groups excluding tert-OH is 2. The van der Waals surface area contributed by atoms with Gasteiger partial charge in [-0.15, -0.1) is 0 Å². The van der Waals surface area contributed by atoms with Gasteiger partial charge in [0.2, 0.25) is 0 Å². The molecule has 0 aromatic heterocycles. The molecule has 0 unspecified atom stereocenters. The van der Waals surface area contributed by atoms with Gasteiger partial charge >= 0.3 is 0 Å². The van der Waals surface area contributed by atoms with Gasteiger partial charge in [0.05, 0.1) is 12.2 Å². The summed E-state index contributed by atoms with van der Waals surface area (Å²) in [6.45, 7) is 11.6. The number of hydrogen-bond donors (Lipinski definition) is 2. The smallest absolute Gasteiger partial charge is 0.0767 e. The van der Waals surface area contributed by atoms with Crippen LogP contribution in [-0.4, -0.2) is 10.2 Å². The second-order valence-electron chi connectivity index (χ2n) is 4.68. The molecule has 0 spiro atoms. The summed E-state index contributed by atoms with van der Waals surface area (Å²) in [5, 5.41) is 19.6. The Hall–Kier alpha value is -0.860. The van der Waals surface area contributed by atoms with Crippen molar-refractivity contribution >= 4 is 0 Å². The minimum Gasteiger partial charge on any atom is -0.389 e. The molecule has 0 aliphatic carbocycles. The largest absolute Gasteiger partial charge is 0.389 e. The molecule has 0 saturated carbocycles. The Morgan fingerprint density at radius 2 is 0.812 bits per heavy atom. The van der Waals surface area contributed by atoms with E-state index in [0.29, 0.717) is 0 Å². The third-order valence-electron chi connectivity index (χ3n) is 3.58. The first-order chi connectivity index (χ1) is 7.29. The van der Waals surface area contributed by atoms with Crippen molar-refractivity contribution in [1.82, 2.24) is 0 Å². The minimum atomic E-state index is -0.458. The van der Waals surface area contributed by atoms with Gasteiger partial charge < -0.3 is 10.2 Å². The molecule has 0 aliphatic heterocycles. The van der Waals surface area contributed by atoms with Gasteiger partial charge in [0.1, 0.15) is 0 Å². The number of benzene rings is 1. The number of rotatable bonds is 2. The van der Waals surface area contributed by atoms with Gasteiger partial charge in [-0.05, 0) is 74.9 Å². The fourth-order valence-electron chi connectivity index (χ4n) is 2.62. The van der Waals surface area contributed by atoms with Crippen LogP contribution in [0.4, 0.5) is 0 Å². The van der Waals surface area contributed by atoms with Crippen molar-refractivity contribution in [1.29, 1.82) is 0 Å². The summed E-state index contributed by atoms with van der Waals surface area (Å²) in [7, 11) is 0. The average Bonchev–Trinajstić information content (AvgIpc) is 2.14. The minimum absolute atomic E-state index is 0.458. The fourth-order valence-corrected chi connectivity index (χ4v) is 2.62. The lowest BCUT2D eigenvalue weighted by molar-refractivity contribution is 0.192. The molecule has 2 heteroatoms. The maximum absolute atomic E-state index is 9.80. The van der Waals surface area contributed by atoms with E-state index in [1.807, 2.05) is 27.7 Å². The Labute approximate surface area is 97.9 Å². The van der Waals surface area contributed by atoms with E-state index in [2.05, 4.69) is 0 Å². The highest BCUT2D eigenvalue weighted by molar-refractivity contribution is 5.51. The normalized spacial score (nSPS) is 15.0. The number of aliphatic hydroxyl groups is 2. The standard InChI is InChI=1S/C14H22O2/c1-7-8(2)14(12(6)16)10(4)9(3)13(7)11(5)15/h11-12,15-16H,1-6H3/t11-,12-/m0/s1. The molecule has 0 saturated heterocycles. The van der Waals surface area contributed by atoms with Crippen molar-refractivity contribution in [2.75, 3.05) is 0 Å². The lowest BCUT2D eigenvalue weighted by atomic mass is 9.85. The first-order valence-corrected chi connectivity index (χ1v) is 5.75. The predicted octanol–water partition coefficient (Wildman–Crippen LogP) is 3.03. The molecule has 1 rings (SSSR count). The molecule has 1 aromatic rings. The zero-order valence-corrected chi connectivity index (χ0v) is 11.0. The summed E-state index contributed by atoms with van der Waals surface area (Å²) < 4.78 is 0. The van der Waals surface area contributed by atoms with E-state index in [-0.39, 0.29) is 0 Å². The maximum atomic E-state index is 9.80. The van der Waals surface area contributed by atoms with Crippen molar-refractivity contribution in [2.24, 2.45) is 0 Å². The van der Waals surface area contributed by atoms with Gasteiger partial charge in [-0.1, -0.05) is 0 Å². The molecule has 0 bridgehead atoms. The van der Waals surface area contributed by atoms with Crippen LogP contribution < -0.4 is 0 Å². The predicted molar refractivity (Wildman–Crippen MR) is 66.7 cm³/mol. The van der Waals surface area contributed by atoms with Gasteiger partial charge in [0, 0.05) is 0 Å². The zero-order valence-electron chi connectivity index (χ0n) is 11.0. The molecule has 90 valence electrons. The first-order valence-electron chi connectivity index (χ1n) is 5.75. The molecule has 2 nitrogen and oxygen atoms in total. The highest BCUT2D eigenvalue weighted by atomic mass is 16.3. The summed E-state index contributed by atoms with van der Waals surface area (Å²) in [5.74, 6) is 0. The maximum Gasteiger partial charge on any atom is 0.0767 e. The van der Waals surface area contributed by atoms with Gasteiger partial charge in [-0.2, -0.15) is 0 Å². The Morgan fingerprint density at radius 1 is 0.625 bits per heavy atom. The molecule has 16 heavy (non-hydrogen) atoms. The molecular weight excluding hydrogens is 200 g/mol. The zero-order chi connectivity index (χ0) is 12.6. The summed E-state index contributed by atoms with van der Waals surface area (Å²) in [6, 6.07) is 0. The Balaban J connectivity index is 3.63. The van der Waals surface area contributed by atoms with Crippen LogP contribution in [0.3, 0.4) is 0 Å². The fraction of sp³-hybridized carbons (Fsp3) is 0.571. The molecule has 0 radical (unpaired) electrons. The average molecular weight is 222 g/mol. The van der Waals surface area contributed by atoms with Crippen molar-refractivity contribution in [3.63, 3.8) is 0 Å². The van der Waals surface area contributed by atoms with Gasteiger partial charge in [-0.25, -0.2) is 0 Å². The van der Waals surface area contributed by atoms with E-state index >= 15 is 0 Å². The molecule has 2 atom stereocenters. The highest BCUT2D eigenvalue weighted by Crippen LogP contribution is 2.33. The Kier molecular flexibility index (Phi) is 3.76. The molecule has 0 aliphatic rings. The summed E-state index contributed by atoms with van der Waals surface area (Å²) >= 11 is 0. The van der Waals surface area contributed by atoms with Gasteiger partial charge in [0.25, 0.3) is 0 Å².